The zero-order chi connectivity index (χ0) is 16.9. The summed E-state index contributed by atoms with van der Waals surface area (Å²) in [5, 5.41) is 2.83. The fraction of sp³-hybridized carbons (Fsp3) is 0.111. The van der Waals surface area contributed by atoms with Gasteiger partial charge < -0.3 is 9.73 Å². The average molecular weight is 389 g/mol. The fourth-order valence-electron chi connectivity index (χ4n) is 2.17. The van der Waals surface area contributed by atoms with Gasteiger partial charge in [0.05, 0.1) is 11.9 Å². The Balaban J connectivity index is 1.58. The number of hydrogen-bond acceptors (Lipinski definition) is 3. The molecule has 2 aromatic carbocycles. The molecule has 4 nitrogen and oxygen atoms in total. The Labute approximate surface area is 146 Å². The van der Waals surface area contributed by atoms with Gasteiger partial charge in [-0.25, -0.2) is 9.37 Å². The average Bonchev–Trinajstić information content (AvgIpc) is 3.05. The number of para-hydroxylation sites is 1. The normalized spacial score (nSPS) is 10.6. The van der Waals surface area contributed by atoms with Crippen LogP contribution in [0.2, 0.25) is 0 Å². The summed E-state index contributed by atoms with van der Waals surface area (Å²) >= 11 is 3.38. The van der Waals surface area contributed by atoms with Crippen molar-refractivity contribution in [3.8, 4) is 11.3 Å². The third-order valence-electron chi connectivity index (χ3n) is 3.40. The number of benzene rings is 2. The molecule has 0 spiro atoms. The highest BCUT2D eigenvalue weighted by molar-refractivity contribution is 9.10. The number of anilines is 1. The zero-order valence-electron chi connectivity index (χ0n) is 12.6. The van der Waals surface area contributed by atoms with Gasteiger partial charge in [-0.15, -0.1) is 0 Å². The topological polar surface area (TPSA) is 55.1 Å². The summed E-state index contributed by atoms with van der Waals surface area (Å²) in [4.78, 5) is 16.2. The Hall–Kier alpha value is -2.47. The summed E-state index contributed by atoms with van der Waals surface area (Å²) in [5.41, 5.74) is 1.47. The fourth-order valence-corrected chi connectivity index (χ4v) is 2.55. The minimum Gasteiger partial charge on any atom is -0.441 e. The molecule has 0 unspecified atom stereocenters. The lowest BCUT2D eigenvalue weighted by atomic mass is 10.2. The molecule has 0 radical (unpaired) electrons. The lowest BCUT2D eigenvalue weighted by Crippen LogP contribution is -2.12. The molecular weight excluding hydrogens is 375 g/mol. The van der Waals surface area contributed by atoms with E-state index < -0.39 is 0 Å². The highest BCUT2D eigenvalue weighted by Gasteiger charge is 2.10. The molecule has 0 saturated carbocycles. The van der Waals surface area contributed by atoms with E-state index in [1.54, 1.807) is 18.3 Å². The Kier molecular flexibility index (Phi) is 5.05. The second-order valence-electron chi connectivity index (χ2n) is 5.15. The number of nitrogens with one attached hydrogen (secondary N) is 1. The van der Waals surface area contributed by atoms with Crippen molar-refractivity contribution in [2.45, 2.75) is 12.8 Å². The molecule has 1 amide bonds. The predicted octanol–water partition coefficient (Wildman–Crippen LogP) is 4.81. The van der Waals surface area contributed by atoms with E-state index in [4.69, 9.17) is 4.42 Å². The second kappa shape index (κ2) is 7.40. The van der Waals surface area contributed by atoms with E-state index in [1.807, 2.05) is 24.3 Å². The van der Waals surface area contributed by atoms with Crippen molar-refractivity contribution in [3.63, 3.8) is 0 Å². The van der Waals surface area contributed by atoms with E-state index in [0.717, 1.165) is 15.7 Å². The first-order valence-corrected chi connectivity index (χ1v) is 8.16. The van der Waals surface area contributed by atoms with Crippen LogP contribution >= 0.6 is 15.9 Å². The van der Waals surface area contributed by atoms with Crippen molar-refractivity contribution in [1.82, 2.24) is 4.98 Å². The molecule has 0 aliphatic rings. The quantitative estimate of drug-likeness (QED) is 0.681. The number of aromatic nitrogens is 1. The van der Waals surface area contributed by atoms with Crippen LogP contribution in [-0.4, -0.2) is 10.9 Å². The van der Waals surface area contributed by atoms with Crippen molar-refractivity contribution in [1.29, 1.82) is 0 Å². The van der Waals surface area contributed by atoms with Crippen LogP contribution in [0.1, 0.15) is 12.3 Å². The smallest absolute Gasteiger partial charge is 0.224 e. The van der Waals surface area contributed by atoms with Crippen LogP contribution in [0.4, 0.5) is 10.1 Å². The molecule has 122 valence electrons. The number of carbonyl (C=O) groups is 1. The van der Waals surface area contributed by atoms with E-state index in [9.17, 15) is 9.18 Å². The molecule has 6 heteroatoms. The van der Waals surface area contributed by atoms with Gasteiger partial charge in [-0.05, 0) is 52.3 Å². The predicted molar refractivity (Wildman–Crippen MR) is 93.0 cm³/mol. The van der Waals surface area contributed by atoms with Crippen molar-refractivity contribution in [2.24, 2.45) is 0 Å². The van der Waals surface area contributed by atoms with E-state index in [1.165, 1.54) is 12.1 Å². The Morgan fingerprint density at radius 2 is 1.92 bits per heavy atom. The molecule has 24 heavy (non-hydrogen) atoms. The number of aryl methyl sites for hydroxylation is 1. The molecule has 0 bridgehead atoms. The number of amides is 1. The first-order valence-electron chi connectivity index (χ1n) is 7.37. The van der Waals surface area contributed by atoms with Gasteiger partial charge >= 0.3 is 0 Å². The van der Waals surface area contributed by atoms with E-state index in [2.05, 4.69) is 26.2 Å². The summed E-state index contributed by atoms with van der Waals surface area (Å²) in [5.74, 6) is 0.596. The van der Waals surface area contributed by atoms with Crippen LogP contribution in [0.15, 0.2) is 63.6 Å². The van der Waals surface area contributed by atoms with Gasteiger partial charge in [-0.2, -0.15) is 0 Å². The molecule has 3 rings (SSSR count). The van der Waals surface area contributed by atoms with Crippen molar-refractivity contribution in [2.75, 3.05) is 5.32 Å². The summed E-state index contributed by atoms with van der Waals surface area (Å²) < 4.78 is 19.4. The van der Waals surface area contributed by atoms with Gasteiger partial charge in [0.1, 0.15) is 5.82 Å². The number of rotatable bonds is 5. The molecule has 0 aliphatic carbocycles. The van der Waals surface area contributed by atoms with E-state index in [-0.39, 0.29) is 18.1 Å². The number of nitrogens with zero attached hydrogens (tertiary/aromatic N) is 1. The van der Waals surface area contributed by atoms with Crippen LogP contribution < -0.4 is 5.32 Å². The summed E-state index contributed by atoms with van der Waals surface area (Å²) in [7, 11) is 0. The Morgan fingerprint density at radius 3 is 2.67 bits per heavy atom. The van der Waals surface area contributed by atoms with Gasteiger partial charge in [-0.1, -0.05) is 12.1 Å². The SMILES string of the molecule is O=C(CCc1ncc(-c2ccc(F)cc2)o1)Nc1ccccc1Br. The molecule has 0 aliphatic heterocycles. The van der Waals surface area contributed by atoms with Crippen molar-refractivity contribution in [3.05, 3.63) is 70.9 Å². The maximum Gasteiger partial charge on any atom is 0.224 e. The Morgan fingerprint density at radius 1 is 1.17 bits per heavy atom. The van der Waals surface area contributed by atoms with Crippen LogP contribution in [-0.2, 0) is 11.2 Å². The second-order valence-corrected chi connectivity index (χ2v) is 6.01. The lowest BCUT2D eigenvalue weighted by Gasteiger charge is -2.06. The third-order valence-corrected chi connectivity index (χ3v) is 4.09. The molecule has 1 N–H and O–H groups in total. The van der Waals surface area contributed by atoms with E-state index in [0.29, 0.717) is 18.1 Å². The number of hydrogen-bond donors (Lipinski definition) is 1. The largest absolute Gasteiger partial charge is 0.441 e. The summed E-state index contributed by atoms with van der Waals surface area (Å²) in [6.45, 7) is 0. The monoisotopic (exact) mass is 388 g/mol. The maximum absolute atomic E-state index is 12.9. The highest BCUT2D eigenvalue weighted by atomic mass is 79.9. The van der Waals surface area contributed by atoms with Gasteiger partial charge in [0.15, 0.2) is 11.7 Å². The third kappa shape index (κ3) is 4.08. The Bertz CT molecular complexity index is 846. The van der Waals surface area contributed by atoms with Crippen molar-refractivity contribution >= 4 is 27.5 Å². The molecular formula is C18H14BrFN2O2. The molecule has 1 aromatic heterocycles. The summed E-state index contributed by atoms with van der Waals surface area (Å²) in [6.07, 6.45) is 2.22. The van der Waals surface area contributed by atoms with Gasteiger partial charge in [0.25, 0.3) is 0 Å². The van der Waals surface area contributed by atoms with Crippen LogP contribution in [0.25, 0.3) is 11.3 Å². The minimum absolute atomic E-state index is 0.122. The number of halogens is 2. The maximum atomic E-state index is 12.9. The molecule has 3 aromatic rings. The number of oxazole rings is 1. The summed E-state index contributed by atoms with van der Waals surface area (Å²) in [6, 6.07) is 13.4. The highest BCUT2D eigenvalue weighted by Crippen LogP contribution is 2.23. The van der Waals surface area contributed by atoms with Gasteiger partial charge in [0.2, 0.25) is 5.91 Å². The minimum atomic E-state index is -0.303. The van der Waals surface area contributed by atoms with Gasteiger partial charge in [0, 0.05) is 22.9 Å². The van der Waals surface area contributed by atoms with Crippen LogP contribution in [0.3, 0.4) is 0 Å². The standard InChI is InChI=1S/C18H14BrFN2O2/c19-14-3-1-2-4-15(14)22-17(23)9-10-18-21-11-16(24-18)12-5-7-13(20)8-6-12/h1-8,11H,9-10H2,(H,22,23). The molecule has 0 atom stereocenters. The molecule has 0 fully saturated rings. The van der Waals surface area contributed by atoms with E-state index >= 15 is 0 Å². The number of carbonyl (C=O) groups excluding carboxylic acids is 1. The van der Waals surface area contributed by atoms with Gasteiger partial charge in [-0.3, -0.25) is 4.79 Å². The molecule has 1 heterocycles. The lowest BCUT2D eigenvalue weighted by molar-refractivity contribution is -0.116. The van der Waals surface area contributed by atoms with Crippen LogP contribution in [0, 0.1) is 5.82 Å². The first-order chi connectivity index (χ1) is 11.6. The zero-order valence-corrected chi connectivity index (χ0v) is 14.2. The molecule has 0 saturated heterocycles. The van der Waals surface area contributed by atoms with Crippen molar-refractivity contribution < 1.29 is 13.6 Å². The van der Waals surface area contributed by atoms with Crippen LogP contribution in [0.5, 0.6) is 0 Å². The first kappa shape index (κ1) is 16.4.